The zero-order valence-electron chi connectivity index (χ0n) is 26.8. The van der Waals surface area contributed by atoms with Gasteiger partial charge in [-0.05, 0) is 88.9 Å². The van der Waals surface area contributed by atoms with Crippen LogP contribution >= 0.6 is 0 Å². The monoisotopic (exact) mass is 755 g/mol. The van der Waals surface area contributed by atoms with Gasteiger partial charge in [-0.3, -0.25) is 9.11 Å². The summed E-state index contributed by atoms with van der Waals surface area (Å²) in [6, 6.07) is -1.93. The van der Waals surface area contributed by atoms with Gasteiger partial charge < -0.3 is 26.0 Å². The molecule has 1 radical (unpaired) electrons. The normalized spacial score (nSPS) is 43.8. The Morgan fingerprint density at radius 2 is 1.43 bits per heavy atom. The van der Waals surface area contributed by atoms with E-state index in [9.17, 15) is 36.2 Å². The zero-order valence-corrected chi connectivity index (χ0v) is 29.4. The number of azo groups is 2. The molecule has 18 heteroatoms. The number of aliphatic hydroxyl groups is 2. The molecular formula is C29H52CuN6O9S2. The van der Waals surface area contributed by atoms with Crippen LogP contribution in [-0.4, -0.2) is 114 Å². The van der Waals surface area contributed by atoms with Gasteiger partial charge in [-0.15, -0.1) is 0 Å². The first-order chi connectivity index (χ1) is 21.7. The maximum absolute atomic E-state index is 12.6. The van der Waals surface area contributed by atoms with Crippen LogP contribution < -0.4 is 11.1 Å². The molecule has 0 heterocycles. The van der Waals surface area contributed by atoms with Crippen molar-refractivity contribution in [1.29, 1.82) is 0 Å². The van der Waals surface area contributed by atoms with E-state index in [1.54, 1.807) is 0 Å². The van der Waals surface area contributed by atoms with Crippen molar-refractivity contribution < 1.29 is 58.0 Å². The van der Waals surface area contributed by atoms with Crippen molar-refractivity contribution in [1.82, 2.24) is 5.32 Å². The van der Waals surface area contributed by atoms with E-state index < -0.39 is 67.2 Å². The predicted molar refractivity (Wildman–Crippen MR) is 169 cm³/mol. The first-order valence-electron chi connectivity index (χ1n) is 16.9. The van der Waals surface area contributed by atoms with E-state index in [0.29, 0.717) is 38.1 Å². The summed E-state index contributed by atoms with van der Waals surface area (Å²) in [4.78, 5) is 0. The molecular weight excluding hydrogens is 704 g/mol. The van der Waals surface area contributed by atoms with Gasteiger partial charge in [-0.1, -0.05) is 0 Å². The summed E-state index contributed by atoms with van der Waals surface area (Å²) < 4.78 is 73.5. The van der Waals surface area contributed by atoms with E-state index in [4.69, 9.17) is 10.5 Å². The molecule has 15 nitrogen and oxygen atoms in total. The van der Waals surface area contributed by atoms with E-state index in [0.717, 1.165) is 32.1 Å². The number of ether oxygens (including phenoxy) is 1. The fourth-order valence-corrected chi connectivity index (χ4v) is 10.6. The van der Waals surface area contributed by atoms with Gasteiger partial charge in [-0.2, -0.15) is 37.3 Å². The maximum atomic E-state index is 12.6. The van der Waals surface area contributed by atoms with E-state index in [2.05, 4.69) is 25.8 Å². The van der Waals surface area contributed by atoms with Gasteiger partial charge in [0.25, 0.3) is 20.2 Å². The van der Waals surface area contributed by atoms with Crippen LogP contribution in [0.4, 0.5) is 0 Å². The topological polar surface area (TPSA) is 246 Å². The number of aliphatic hydroxyl groups excluding tert-OH is 2. The molecule has 5 saturated carbocycles. The number of nitrogens with one attached hydrogen (secondary N) is 1. The first-order valence-corrected chi connectivity index (χ1v) is 19.9. The molecule has 0 aromatic rings. The van der Waals surface area contributed by atoms with Crippen LogP contribution in [-0.2, 0) is 42.0 Å². The third-order valence-electron chi connectivity index (χ3n) is 11.3. The van der Waals surface area contributed by atoms with E-state index >= 15 is 0 Å². The van der Waals surface area contributed by atoms with Gasteiger partial charge in [0, 0.05) is 55.1 Å². The molecule has 0 aromatic heterocycles. The second-order valence-electron chi connectivity index (χ2n) is 14.3. The molecule has 275 valence electrons. The van der Waals surface area contributed by atoms with Gasteiger partial charge in [-0.25, -0.2) is 0 Å². The van der Waals surface area contributed by atoms with Crippen molar-refractivity contribution >= 4 is 20.2 Å². The number of rotatable bonds is 9. The third-order valence-corrected chi connectivity index (χ3v) is 13.8. The molecule has 5 aliphatic rings. The van der Waals surface area contributed by atoms with E-state index in [-0.39, 0.29) is 72.7 Å². The van der Waals surface area contributed by atoms with Crippen molar-refractivity contribution in [3.63, 3.8) is 0 Å². The van der Waals surface area contributed by atoms with Crippen molar-refractivity contribution in [2.24, 2.45) is 38.0 Å². The molecule has 0 bridgehead atoms. The van der Waals surface area contributed by atoms with Gasteiger partial charge in [0.15, 0.2) is 0 Å². The molecule has 5 aliphatic carbocycles. The molecule has 5 rings (SSSR count). The van der Waals surface area contributed by atoms with E-state index in [1.165, 1.54) is 7.11 Å². The summed E-state index contributed by atoms with van der Waals surface area (Å²) in [6.07, 6.45) is 6.02. The Kier molecular flexibility index (Phi) is 13.8. The maximum Gasteiger partial charge on any atom is 0.270 e. The number of fused-ring (bicyclic) bond motifs is 1. The standard InChI is InChI=1S/C29H52N6O9S2.Cu/c1-44-26-15-23(25(36)14-24(26)34-32-20-3-2-4-21(13-20)45(38,39)40)33-35-28-27(46(41,42)43)12-16-11-19(9-10-22(16)29(28)37)31-18-7-5-17(30)6-8-18;/h16-29,31,36-37H,2-15,30H2,1H3,(H,38,39,40)(H,41,42,43);. The molecule has 7 N–H and O–H groups in total. The number of nitrogens with two attached hydrogens (primary N) is 1. The van der Waals surface area contributed by atoms with Crippen molar-refractivity contribution in [2.75, 3.05) is 7.11 Å². The summed E-state index contributed by atoms with van der Waals surface area (Å²) >= 11 is 0. The molecule has 0 aliphatic heterocycles. The van der Waals surface area contributed by atoms with Crippen LogP contribution in [0.15, 0.2) is 20.5 Å². The number of methoxy groups -OCH3 is 1. The quantitative estimate of drug-likeness (QED) is 0.113. The van der Waals surface area contributed by atoms with E-state index in [1.807, 2.05) is 0 Å². The van der Waals surface area contributed by atoms with Crippen LogP contribution in [0.2, 0.25) is 0 Å². The summed E-state index contributed by atoms with van der Waals surface area (Å²) in [5, 5.41) is 41.3. The van der Waals surface area contributed by atoms with Crippen molar-refractivity contribution in [3.8, 4) is 0 Å². The van der Waals surface area contributed by atoms with Crippen molar-refractivity contribution in [2.45, 2.75) is 161 Å². The Hall–Kier alpha value is -0.661. The molecule has 0 saturated heterocycles. The Balaban J connectivity index is 0.00000500. The minimum atomic E-state index is -4.55. The first kappa shape index (κ1) is 39.1. The molecule has 47 heavy (non-hydrogen) atoms. The summed E-state index contributed by atoms with van der Waals surface area (Å²) in [6.45, 7) is 0. The molecule has 5 fully saturated rings. The minimum absolute atomic E-state index is 0. The average molecular weight is 756 g/mol. The van der Waals surface area contributed by atoms with Crippen molar-refractivity contribution in [3.05, 3.63) is 0 Å². The zero-order chi connectivity index (χ0) is 33.2. The second kappa shape index (κ2) is 16.6. The number of hydrogen-bond donors (Lipinski definition) is 6. The number of hydrogen-bond acceptors (Lipinski definition) is 13. The largest absolute Gasteiger partial charge is 0.391 e. The Morgan fingerprint density at radius 1 is 0.745 bits per heavy atom. The fourth-order valence-electron chi connectivity index (χ4n) is 8.58. The predicted octanol–water partition coefficient (Wildman–Crippen LogP) is 2.03. The van der Waals surface area contributed by atoms with Gasteiger partial charge in [0.2, 0.25) is 0 Å². The summed E-state index contributed by atoms with van der Waals surface area (Å²) in [5.41, 5.74) is 6.05. The SMILES string of the molecule is COC1CC(N=NC2C(O)C3CCC(NC4CCC(N)CC4)CC3CC2S(=O)(=O)O)C(O)CC1N=NC1CCCC(S(=O)(=O)O)C1.[Cu]. The molecule has 12 atom stereocenters. The molecule has 12 unspecified atom stereocenters. The van der Waals surface area contributed by atoms with Gasteiger partial charge in [0.1, 0.15) is 11.3 Å². The summed E-state index contributed by atoms with van der Waals surface area (Å²) in [5.74, 6) is -0.264. The second-order valence-corrected chi connectivity index (χ2v) is 17.7. The number of nitrogens with zero attached hydrogens (tertiary/aromatic N) is 4. The van der Waals surface area contributed by atoms with Crippen LogP contribution in [0.25, 0.3) is 0 Å². The third kappa shape index (κ3) is 9.99. The van der Waals surface area contributed by atoms with Crippen LogP contribution in [0.5, 0.6) is 0 Å². The average Bonchev–Trinajstić information content (AvgIpc) is 3.00. The molecule has 0 spiro atoms. The van der Waals surface area contributed by atoms with Crippen LogP contribution in [0.3, 0.4) is 0 Å². The molecule has 0 amide bonds. The minimum Gasteiger partial charge on any atom is -0.391 e. The fraction of sp³-hybridized carbons (Fsp3) is 1.00. The van der Waals surface area contributed by atoms with Gasteiger partial charge >= 0.3 is 0 Å². The molecule has 0 aromatic carbocycles. The Bertz CT molecular complexity index is 1300. The van der Waals surface area contributed by atoms with Crippen LogP contribution in [0.1, 0.15) is 89.9 Å². The smallest absolute Gasteiger partial charge is 0.270 e. The van der Waals surface area contributed by atoms with Crippen LogP contribution in [0, 0.1) is 11.8 Å². The summed E-state index contributed by atoms with van der Waals surface area (Å²) in [7, 11) is -7.20. The Labute approximate surface area is 288 Å². The van der Waals surface area contributed by atoms with Gasteiger partial charge in [0.05, 0.1) is 41.7 Å². The Morgan fingerprint density at radius 3 is 2.09 bits per heavy atom.